The van der Waals surface area contributed by atoms with Crippen molar-refractivity contribution in [3.8, 4) is 11.1 Å². The fraction of sp³-hybridized carbons (Fsp3) is 0.486. The summed E-state index contributed by atoms with van der Waals surface area (Å²) in [6.45, 7) is 14.0. The maximum absolute atomic E-state index is 14.5. The van der Waals surface area contributed by atoms with E-state index < -0.39 is 0 Å². The fourth-order valence-electron chi connectivity index (χ4n) is 8.03. The minimum Gasteiger partial charge on any atom is -0.370 e. The molecule has 2 aromatic carbocycles. The summed E-state index contributed by atoms with van der Waals surface area (Å²) in [5.74, 6) is 0.494. The summed E-state index contributed by atoms with van der Waals surface area (Å²) in [4.78, 5) is 31.8. The van der Waals surface area contributed by atoms with E-state index in [2.05, 4.69) is 59.1 Å². The molecule has 0 amide bonds. The normalized spacial score (nSPS) is 20.3. The van der Waals surface area contributed by atoms with Gasteiger partial charge in [0, 0.05) is 58.6 Å². The molecule has 3 aliphatic rings. The number of nitrogens with one attached hydrogen (secondary N) is 1. The number of pyridine rings is 1. The van der Waals surface area contributed by atoms with E-state index in [1.807, 2.05) is 42.0 Å². The lowest BCUT2D eigenvalue weighted by molar-refractivity contribution is 0.0906. The van der Waals surface area contributed by atoms with Gasteiger partial charge in [0.15, 0.2) is 0 Å². The molecule has 2 aromatic heterocycles. The second-order valence-corrected chi connectivity index (χ2v) is 14.4. The molecule has 7 rings (SSSR count). The van der Waals surface area contributed by atoms with Crippen LogP contribution in [-0.4, -0.2) is 77.2 Å². The molecule has 0 unspecified atom stereocenters. The Morgan fingerprint density at radius 1 is 1.07 bits per heavy atom. The number of likely N-dealkylation sites (tertiary alicyclic amines) is 2. The molecule has 4 aromatic rings. The summed E-state index contributed by atoms with van der Waals surface area (Å²) in [6.07, 6.45) is 7.52. The third-order valence-corrected chi connectivity index (χ3v) is 11.0. The van der Waals surface area contributed by atoms with Gasteiger partial charge in [0.25, 0.3) is 5.56 Å². The Morgan fingerprint density at radius 3 is 2.59 bits per heavy atom. The number of nitrogens with zero attached hydrogens (tertiary/aromatic N) is 6. The molecular formula is C37H46ClN7O. The average Bonchev–Trinajstić information content (AvgIpc) is 3.02. The van der Waals surface area contributed by atoms with Crippen molar-refractivity contribution in [1.82, 2.24) is 24.3 Å². The largest absolute Gasteiger partial charge is 0.370 e. The number of anilines is 3. The molecule has 3 fully saturated rings. The number of aryl methyl sites for hydroxylation is 2. The van der Waals surface area contributed by atoms with E-state index in [4.69, 9.17) is 21.6 Å². The first-order valence-corrected chi connectivity index (χ1v) is 17.3. The van der Waals surface area contributed by atoms with Crippen molar-refractivity contribution in [2.45, 2.75) is 58.9 Å². The highest BCUT2D eigenvalue weighted by atomic mass is 35.5. The molecular weight excluding hydrogens is 594 g/mol. The van der Waals surface area contributed by atoms with Gasteiger partial charge in [-0.1, -0.05) is 36.7 Å². The summed E-state index contributed by atoms with van der Waals surface area (Å²) in [5, 5.41) is 4.91. The summed E-state index contributed by atoms with van der Waals surface area (Å²) < 4.78 is 1.94. The zero-order chi connectivity index (χ0) is 32.0. The Labute approximate surface area is 277 Å². The maximum Gasteiger partial charge on any atom is 0.260 e. The quantitative estimate of drug-likeness (QED) is 0.232. The van der Waals surface area contributed by atoms with E-state index in [0.29, 0.717) is 27.6 Å². The molecule has 0 bridgehead atoms. The van der Waals surface area contributed by atoms with Crippen molar-refractivity contribution >= 4 is 40.0 Å². The molecule has 1 spiro atoms. The van der Waals surface area contributed by atoms with Gasteiger partial charge in [-0.2, -0.15) is 4.98 Å². The Bertz CT molecular complexity index is 1800. The van der Waals surface area contributed by atoms with Crippen LogP contribution in [0.5, 0.6) is 0 Å². The van der Waals surface area contributed by atoms with E-state index in [0.717, 1.165) is 74.2 Å². The van der Waals surface area contributed by atoms with E-state index >= 15 is 0 Å². The number of hydrogen-bond acceptors (Lipinski definition) is 7. The third kappa shape index (κ3) is 5.80. The van der Waals surface area contributed by atoms with Gasteiger partial charge in [0.1, 0.15) is 5.65 Å². The smallest absolute Gasteiger partial charge is 0.260 e. The van der Waals surface area contributed by atoms with Crippen molar-refractivity contribution in [3.05, 3.63) is 75.2 Å². The average molecular weight is 640 g/mol. The van der Waals surface area contributed by atoms with E-state index in [-0.39, 0.29) is 11.6 Å². The highest BCUT2D eigenvalue weighted by Gasteiger charge is 2.44. The Morgan fingerprint density at radius 2 is 1.85 bits per heavy atom. The zero-order valence-corrected chi connectivity index (χ0v) is 28.4. The van der Waals surface area contributed by atoms with E-state index in [1.165, 1.54) is 37.2 Å². The van der Waals surface area contributed by atoms with Crippen LogP contribution in [0.1, 0.15) is 56.2 Å². The van der Waals surface area contributed by atoms with Gasteiger partial charge in [0.05, 0.1) is 11.6 Å². The molecule has 1 atom stereocenters. The standard InChI is InChI=1S/C37H46ClN7O/c1-5-16-43-17-8-9-28(22-43)45-34-30(26(3)33(35(45)46)29-10-6-7-11-31(29)38)21-39-36(41-34)40-27-12-13-32(25(2)20-27)44-23-37(24-44)14-18-42(4)19-15-37/h6-7,10-13,20-21,28H,5,8-9,14-19,22-24H2,1-4H3,(H,39,40,41)/t28-/m0/s1. The molecule has 1 N–H and O–H groups in total. The minimum absolute atomic E-state index is 0.0193. The van der Waals surface area contributed by atoms with Gasteiger partial charge in [-0.3, -0.25) is 9.36 Å². The van der Waals surface area contributed by atoms with Crippen molar-refractivity contribution in [2.75, 3.05) is 63.1 Å². The van der Waals surface area contributed by atoms with Crippen LogP contribution in [0.25, 0.3) is 22.2 Å². The molecule has 5 heterocycles. The maximum atomic E-state index is 14.5. The van der Waals surface area contributed by atoms with Gasteiger partial charge < -0.3 is 20.0 Å². The number of aromatic nitrogens is 3. The van der Waals surface area contributed by atoms with Crippen LogP contribution in [0, 0.1) is 19.3 Å². The van der Waals surface area contributed by atoms with Crippen LogP contribution in [-0.2, 0) is 0 Å². The lowest BCUT2D eigenvalue weighted by Crippen LogP contribution is -2.60. The number of benzene rings is 2. The Hall–Kier alpha value is -3.46. The van der Waals surface area contributed by atoms with Crippen LogP contribution >= 0.6 is 11.6 Å². The van der Waals surface area contributed by atoms with Gasteiger partial charge in [-0.15, -0.1) is 0 Å². The zero-order valence-electron chi connectivity index (χ0n) is 27.7. The molecule has 242 valence electrons. The predicted molar refractivity (Wildman–Crippen MR) is 190 cm³/mol. The monoisotopic (exact) mass is 639 g/mol. The molecule has 9 heteroatoms. The topological polar surface area (TPSA) is 69.5 Å². The Kier molecular flexibility index (Phi) is 8.55. The molecule has 0 radical (unpaired) electrons. The first kappa shape index (κ1) is 31.2. The second kappa shape index (κ2) is 12.6. The lowest BCUT2D eigenvalue weighted by Gasteiger charge is -2.55. The van der Waals surface area contributed by atoms with E-state index in [9.17, 15) is 4.79 Å². The highest BCUT2D eigenvalue weighted by Crippen LogP contribution is 2.43. The highest BCUT2D eigenvalue weighted by molar-refractivity contribution is 6.33. The summed E-state index contributed by atoms with van der Waals surface area (Å²) in [5.41, 5.74) is 6.86. The fourth-order valence-corrected chi connectivity index (χ4v) is 8.26. The number of hydrogen-bond donors (Lipinski definition) is 1. The van der Waals surface area contributed by atoms with E-state index in [1.54, 1.807) is 0 Å². The van der Waals surface area contributed by atoms with Crippen molar-refractivity contribution in [1.29, 1.82) is 0 Å². The SMILES string of the molecule is CCCN1CCC[C@H](n2c(=O)c(-c3ccccc3Cl)c(C)c3cnc(Nc4ccc(N5CC6(CCN(C)CC6)C5)c(C)c4)nc32)C1. The van der Waals surface area contributed by atoms with Crippen LogP contribution in [0.15, 0.2) is 53.5 Å². The first-order chi connectivity index (χ1) is 22.2. The third-order valence-electron chi connectivity index (χ3n) is 10.6. The number of fused-ring (bicyclic) bond motifs is 1. The molecule has 3 saturated heterocycles. The summed E-state index contributed by atoms with van der Waals surface area (Å²) in [7, 11) is 2.23. The van der Waals surface area contributed by atoms with Crippen LogP contribution < -0.4 is 15.8 Å². The van der Waals surface area contributed by atoms with Gasteiger partial charge in [-0.25, -0.2) is 4.98 Å². The molecule has 8 nitrogen and oxygen atoms in total. The molecule has 46 heavy (non-hydrogen) atoms. The molecule has 0 saturated carbocycles. The van der Waals surface area contributed by atoms with Crippen LogP contribution in [0.3, 0.4) is 0 Å². The van der Waals surface area contributed by atoms with Crippen LogP contribution in [0.2, 0.25) is 5.02 Å². The number of piperidine rings is 2. The van der Waals surface area contributed by atoms with Gasteiger partial charge in [-0.05, 0) is 115 Å². The Balaban J connectivity index is 1.22. The summed E-state index contributed by atoms with van der Waals surface area (Å²) >= 11 is 6.67. The minimum atomic E-state index is -0.0387. The lowest BCUT2D eigenvalue weighted by atomic mass is 9.71. The van der Waals surface area contributed by atoms with Crippen molar-refractivity contribution in [3.63, 3.8) is 0 Å². The number of rotatable bonds is 7. The van der Waals surface area contributed by atoms with Crippen molar-refractivity contribution in [2.24, 2.45) is 5.41 Å². The first-order valence-electron chi connectivity index (χ1n) is 17.0. The van der Waals surface area contributed by atoms with Gasteiger partial charge >= 0.3 is 0 Å². The second-order valence-electron chi connectivity index (χ2n) is 14.0. The summed E-state index contributed by atoms with van der Waals surface area (Å²) in [6, 6.07) is 14.2. The predicted octanol–water partition coefficient (Wildman–Crippen LogP) is 7.05. The van der Waals surface area contributed by atoms with Gasteiger partial charge in [0.2, 0.25) is 5.95 Å². The molecule has 3 aliphatic heterocycles. The molecule has 0 aliphatic carbocycles. The number of halogens is 1. The van der Waals surface area contributed by atoms with Crippen LogP contribution in [0.4, 0.5) is 17.3 Å². The van der Waals surface area contributed by atoms with Crippen molar-refractivity contribution < 1.29 is 0 Å².